The van der Waals surface area contributed by atoms with Crippen LogP contribution in [0.4, 0.5) is 0 Å². The van der Waals surface area contributed by atoms with Gasteiger partial charge in [0, 0.05) is 12.3 Å². The minimum absolute atomic E-state index is 0.0976. The summed E-state index contributed by atoms with van der Waals surface area (Å²) in [5, 5.41) is 20.6. The zero-order chi connectivity index (χ0) is 18.1. The van der Waals surface area contributed by atoms with Crippen molar-refractivity contribution in [2.75, 3.05) is 0 Å². The highest BCUT2D eigenvalue weighted by molar-refractivity contribution is 5.91. The number of nitrogens with one attached hydrogen (secondary N) is 2. The van der Waals surface area contributed by atoms with Crippen LogP contribution < -0.4 is 10.9 Å². The van der Waals surface area contributed by atoms with Crippen LogP contribution in [-0.2, 0) is 6.54 Å². The van der Waals surface area contributed by atoms with Crippen LogP contribution in [0.5, 0.6) is 0 Å². The van der Waals surface area contributed by atoms with E-state index in [1.807, 2.05) is 0 Å². The van der Waals surface area contributed by atoms with Crippen molar-refractivity contribution < 1.29 is 9.32 Å². The van der Waals surface area contributed by atoms with Crippen LogP contribution >= 0.6 is 0 Å². The number of rotatable bonds is 4. The standard InChI is InChI=1S/C15H12N8O3/c1-8-17-15(26-22-8)9-3-2-6-23-11(19-21-13(9)23)7-16-14(25)10-4-5-12(24)20-18-10/h2-6H,7H2,1H3,(H,16,25)(H,20,24). The Labute approximate surface area is 145 Å². The van der Waals surface area contributed by atoms with E-state index < -0.39 is 5.91 Å². The number of pyridine rings is 1. The summed E-state index contributed by atoms with van der Waals surface area (Å²) in [4.78, 5) is 27.3. The molecule has 2 N–H and O–H groups in total. The molecule has 4 aromatic heterocycles. The monoisotopic (exact) mass is 352 g/mol. The molecule has 0 saturated heterocycles. The Morgan fingerprint density at radius 2 is 2.19 bits per heavy atom. The van der Waals surface area contributed by atoms with Gasteiger partial charge < -0.3 is 9.84 Å². The molecule has 26 heavy (non-hydrogen) atoms. The molecule has 0 saturated carbocycles. The first-order valence-corrected chi connectivity index (χ1v) is 7.59. The van der Waals surface area contributed by atoms with Gasteiger partial charge in [-0.2, -0.15) is 10.1 Å². The molecular weight excluding hydrogens is 340 g/mol. The molecule has 0 bridgehead atoms. The topological polar surface area (TPSA) is 144 Å². The quantitative estimate of drug-likeness (QED) is 0.526. The predicted octanol–water partition coefficient (Wildman–Crippen LogP) is 0.101. The van der Waals surface area contributed by atoms with Crippen molar-refractivity contribution in [3.05, 3.63) is 58.2 Å². The molecule has 0 radical (unpaired) electrons. The molecule has 0 aromatic carbocycles. The van der Waals surface area contributed by atoms with E-state index in [4.69, 9.17) is 4.52 Å². The molecule has 11 nitrogen and oxygen atoms in total. The Morgan fingerprint density at radius 3 is 2.92 bits per heavy atom. The Hall–Kier alpha value is -3.89. The third kappa shape index (κ3) is 2.81. The van der Waals surface area contributed by atoms with Crippen LogP contribution in [0, 0.1) is 6.92 Å². The summed E-state index contributed by atoms with van der Waals surface area (Å²) in [7, 11) is 0. The Morgan fingerprint density at radius 1 is 1.31 bits per heavy atom. The zero-order valence-electron chi connectivity index (χ0n) is 13.5. The van der Waals surface area contributed by atoms with Crippen LogP contribution in [-0.4, -0.2) is 40.8 Å². The summed E-state index contributed by atoms with van der Waals surface area (Å²) in [6.45, 7) is 1.84. The Bertz CT molecular complexity index is 1140. The molecule has 0 atom stereocenters. The second-order valence-electron chi connectivity index (χ2n) is 5.37. The number of aryl methyl sites for hydroxylation is 1. The number of hydrogen-bond acceptors (Lipinski definition) is 8. The molecule has 4 rings (SSSR count). The lowest BCUT2D eigenvalue weighted by molar-refractivity contribution is 0.0943. The third-order valence-corrected chi connectivity index (χ3v) is 3.58. The van der Waals surface area contributed by atoms with Gasteiger partial charge in [0.1, 0.15) is 5.69 Å². The second kappa shape index (κ2) is 6.20. The number of amides is 1. The van der Waals surface area contributed by atoms with Crippen molar-refractivity contribution >= 4 is 11.6 Å². The molecule has 4 heterocycles. The van der Waals surface area contributed by atoms with E-state index in [1.165, 1.54) is 12.1 Å². The summed E-state index contributed by atoms with van der Waals surface area (Å²) < 4.78 is 6.90. The first-order valence-electron chi connectivity index (χ1n) is 7.59. The van der Waals surface area contributed by atoms with Gasteiger partial charge in [-0.05, 0) is 25.1 Å². The molecule has 0 unspecified atom stereocenters. The van der Waals surface area contributed by atoms with Gasteiger partial charge in [-0.3, -0.25) is 14.0 Å². The first-order chi connectivity index (χ1) is 12.6. The maximum Gasteiger partial charge on any atom is 0.272 e. The SMILES string of the molecule is Cc1noc(-c2cccn3c(CNC(=O)c4ccc(=O)[nH]n4)nnc23)n1. The molecule has 0 aliphatic rings. The van der Waals surface area contributed by atoms with Crippen molar-refractivity contribution in [2.24, 2.45) is 0 Å². The normalized spacial score (nSPS) is 11.0. The van der Waals surface area contributed by atoms with Crippen LogP contribution in [0.25, 0.3) is 17.1 Å². The molecule has 1 amide bonds. The van der Waals surface area contributed by atoms with Crippen molar-refractivity contribution in [3.8, 4) is 11.5 Å². The lowest BCUT2D eigenvalue weighted by Gasteiger charge is -2.04. The molecule has 0 aliphatic carbocycles. The largest absolute Gasteiger partial charge is 0.343 e. The average molecular weight is 352 g/mol. The van der Waals surface area contributed by atoms with E-state index in [-0.39, 0.29) is 17.8 Å². The minimum Gasteiger partial charge on any atom is -0.343 e. The highest BCUT2D eigenvalue weighted by Gasteiger charge is 2.16. The molecule has 11 heteroatoms. The summed E-state index contributed by atoms with van der Waals surface area (Å²) in [6.07, 6.45) is 1.77. The van der Waals surface area contributed by atoms with Gasteiger partial charge in [-0.15, -0.1) is 10.2 Å². The first kappa shape index (κ1) is 15.6. The van der Waals surface area contributed by atoms with Gasteiger partial charge in [0.15, 0.2) is 17.3 Å². The predicted molar refractivity (Wildman–Crippen MR) is 87.0 cm³/mol. The fraction of sp³-hybridized carbons (Fsp3) is 0.133. The molecular formula is C15H12N8O3. The summed E-state index contributed by atoms with van der Waals surface area (Å²) in [6, 6.07) is 6.16. The highest BCUT2D eigenvalue weighted by atomic mass is 16.5. The number of nitrogens with zero attached hydrogens (tertiary/aromatic N) is 6. The van der Waals surface area contributed by atoms with Gasteiger partial charge in [0.2, 0.25) is 0 Å². The van der Waals surface area contributed by atoms with Crippen molar-refractivity contribution in [1.82, 2.24) is 40.3 Å². The zero-order valence-corrected chi connectivity index (χ0v) is 13.5. The molecule has 4 aromatic rings. The summed E-state index contributed by atoms with van der Waals surface area (Å²) in [5.41, 5.74) is 0.886. The number of fused-ring (bicyclic) bond motifs is 1. The summed E-state index contributed by atoms with van der Waals surface area (Å²) >= 11 is 0. The maximum absolute atomic E-state index is 12.1. The van der Waals surface area contributed by atoms with Crippen LogP contribution in [0.2, 0.25) is 0 Å². The van der Waals surface area contributed by atoms with Gasteiger partial charge in [-0.1, -0.05) is 5.16 Å². The molecule has 0 spiro atoms. The lowest BCUT2D eigenvalue weighted by Crippen LogP contribution is -2.26. The van der Waals surface area contributed by atoms with Gasteiger partial charge >= 0.3 is 0 Å². The fourth-order valence-electron chi connectivity index (χ4n) is 2.38. The maximum atomic E-state index is 12.1. The van der Waals surface area contributed by atoms with Crippen LogP contribution in [0.3, 0.4) is 0 Å². The summed E-state index contributed by atoms with van der Waals surface area (Å²) in [5.74, 6) is 0.925. The number of H-pyrrole nitrogens is 1. The van der Waals surface area contributed by atoms with E-state index in [9.17, 15) is 9.59 Å². The average Bonchev–Trinajstić information content (AvgIpc) is 3.26. The van der Waals surface area contributed by atoms with Gasteiger partial charge in [0.25, 0.3) is 17.4 Å². The van der Waals surface area contributed by atoms with Crippen molar-refractivity contribution in [3.63, 3.8) is 0 Å². The molecule has 130 valence electrons. The number of carbonyl (C=O) groups excluding carboxylic acids is 1. The van der Waals surface area contributed by atoms with E-state index in [2.05, 4.69) is 35.9 Å². The number of aromatic nitrogens is 7. The Kier molecular flexibility index (Phi) is 3.73. The number of hydrogen-bond donors (Lipinski definition) is 2. The highest BCUT2D eigenvalue weighted by Crippen LogP contribution is 2.21. The van der Waals surface area contributed by atoms with Crippen molar-refractivity contribution in [1.29, 1.82) is 0 Å². The van der Waals surface area contributed by atoms with Crippen molar-refractivity contribution in [2.45, 2.75) is 13.5 Å². The number of carbonyl (C=O) groups is 1. The fourth-order valence-corrected chi connectivity index (χ4v) is 2.38. The van der Waals surface area contributed by atoms with Crippen LogP contribution in [0.1, 0.15) is 22.1 Å². The van der Waals surface area contributed by atoms with E-state index in [0.29, 0.717) is 28.8 Å². The van der Waals surface area contributed by atoms with E-state index in [1.54, 1.807) is 29.7 Å². The smallest absolute Gasteiger partial charge is 0.272 e. The second-order valence-corrected chi connectivity index (χ2v) is 5.37. The van der Waals surface area contributed by atoms with Crippen LogP contribution in [0.15, 0.2) is 39.8 Å². The lowest BCUT2D eigenvalue weighted by atomic mass is 10.2. The van der Waals surface area contributed by atoms with E-state index >= 15 is 0 Å². The Balaban J connectivity index is 1.59. The van der Waals surface area contributed by atoms with Gasteiger partial charge in [0.05, 0.1) is 12.1 Å². The molecule has 0 aliphatic heterocycles. The third-order valence-electron chi connectivity index (χ3n) is 3.58. The van der Waals surface area contributed by atoms with Gasteiger partial charge in [-0.25, -0.2) is 5.10 Å². The van der Waals surface area contributed by atoms with E-state index in [0.717, 1.165) is 0 Å². The number of aromatic amines is 1. The molecule has 0 fully saturated rings. The minimum atomic E-state index is -0.443.